The molecule has 19 heavy (non-hydrogen) atoms. The predicted molar refractivity (Wildman–Crippen MR) is 76.6 cm³/mol. The SMILES string of the molecule is Cc1ccc(C(=O)CCN2CCOC(C)(C)C2)cc1. The van der Waals surface area contributed by atoms with Gasteiger partial charge >= 0.3 is 0 Å². The van der Waals surface area contributed by atoms with Crippen LogP contribution < -0.4 is 0 Å². The Morgan fingerprint density at radius 3 is 2.63 bits per heavy atom. The molecule has 104 valence electrons. The third-order valence-corrected chi connectivity index (χ3v) is 3.53. The summed E-state index contributed by atoms with van der Waals surface area (Å²) in [6.45, 7) is 9.62. The third kappa shape index (κ3) is 4.15. The molecule has 1 fully saturated rings. The van der Waals surface area contributed by atoms with Crippen molar-refractivity contribution in [3.8, 4) is 0 Å². The Hall–Kier alpha value is -1.19. The van der Waals surface area contributed by atoms with Gasteiger partial charge in [-0.3, -0.25) is 9.69 Å². The molecule has 3 nitrogen and oxygen atoms in total. The zero-order valence-corrected chi connectivity index (χ0v) is 12.1. The first-order valence-electron chi connectivity index (χ1n) is 6.92. The molecule has 3 heteroatoms. The van der Waals surface area contributed by atoms with Crippen LogP contribution in [0.1, 0.15) is 36.2 Å². The van der Waals surface area contributed by atoms with E-state index in [2.05, 4.69) is 18.7 Å². The molecule has 0 unspecified atom stereocenters. The molecule has 1 saturated heterocycles. The number of rotatable bonds is 4. The highest BCUT2D eigenvalue weighted by atomic mass is 16.5. The van der Waals surface area contributed by atoms with Crippen molar-refractivity contribution in [3.63, 3.8) is 0 Å². The van der Waals surface area contributed by atoms with Crippen LogP contribution in [0.15, 0.2) is 24.3 Å². The minimum Gasteiger partial charge on any atom is -0.373 e. The van der Waals surface area contributed by atoms with E-state index in [0.717, 1.165) is 31.8 Å². The molecule has 1 aromatic carbocycles. The fourth-order valence-corrected chi connectivity index (χ4v) is 2.45. The maximum Gasteiger partial charge on any atom is 0.164 e. The summed E-state index contributed by atoms with van der Waals surface area (Å²) in [7, 11) is 0. The van der Waals surface area contributed by atoms with E-state index in [9.17, 15) is 4.79 Å². The van der Waals surface area contributed by atoms with Gasteiger partial charge in [0.25, 0.3) is 0 Å². The highest BCUT2D eigenvalue weighted by Gasteiger charge is 2.27. The number of morpholine rings is 1. The highest BCUT2D eigenvalue weighted by Crippen LogP contribution is 2.17. The largest absolute Gasteiger partial charge is 0.373 e. The van der Waals surface area contributed by atoms with Gasteiger partial charge in [0, 0.05) is 31.6 Å². The molecule has 0 amide bonds. The van der Waals surface area contributed by atoms with Gasteiger partial charge in [-0.2, -0.15) is 0 Å². The summed E-state index contributed by atoms with van der Waals surface area (Å²) in [5, 5.41) is 0. The molecule has 1 aromatic rings. The van der Waals surface area contributed by atoms with Gasteiger partial charge in [-0.1, -0.05) is 29.8 Å². The van der Waals surface area contributed by atoms with Crippen molar-refractivity contribution in [1.82, 2.24) is 4.90 Å². The fourth-order valence-electron chi connectivity index (χ4n) is 2.45. The summed E-state index contributed by atoms with van der Waals surface area (Å²) in [4.78, 5) is 14.4. The predicted octanol–water partition coefficient (Wildman–Crippen LogP) is 2.68. The summed E-state index contributed by atoms with van der Waals surface area (Å²) in [5.74, 6) is 0.226. The number of hydrogen-bond acceptors (Lipinski definition) is 3. The number of ether oxygens (including phenoxy) is 1. The number of benzene rings is 1. The van der Waals surface area contributed by atoms with Gasteiger partial charge in [-0.05, 0) is 20.8 Å². The highest BCUT2D eigenvalue weighted by molar-refractivity contribution is 5.96. The Morgan fingerprint density at radius 2 is 2.00 bits per heavy atom. The Bertz CT molecular complexity index is 437. The molecule has 0 bridgehead atoms. The monoisotopic (exact) mass is 261 g/mol. The Labute approximate surface area is 115 Å². The molecule has 0 aromatic heterocycles. The van der Waals surface area contributed by atoms with Crippen LogP contribution in [-0.2, 0) is 4.74 Å². The molecule has 0 atom stereocenters. The lowest BCUT2D eigenvalue weighted by Crippen LogP contribution is -2.48. The lowest BCUT2D eigenvalue weighted by Gasteiger charge is -2.38. The second-order valence-corrected chi connectivity index (χ2v) is 5.92. The number of ketones is 1. The lowest BCUT2D eigenvalue weighted by atomic mass is 10.0. The average molecular weight is 261 g/mol. The first-order chi connectivity index (χ1) is 8.96. The van der Waals surface area contributed by atoms with E-state index in [1.807, 2.05) is 31.2 Å². The average Bonchev–Trinajstić information content (AvgIpc) is 2.36. The third-order valence-electron chi connectivity index (χ3n) is 3.53. The zero-order chi connectivity index (χ0) is 13.9. The molecule has 0 saturated carbocycles. The van der Waals surface area contributed by atoms with Crippen molar-refractivity contribution in [2.24, 2.45) is 0 Å². The number of aryl methyl sites for hydroxylation is 1. The summed E-state index contributed by atoms with van der Waals surface area (Å²) >= 11 is 0. The summed E-state index contributed by atoms with van der Waals surface area (Å²) in [6, 6.07) is 7.82. The first-order valence-corrected chi connectivity index (χ1v) is 6.92. The molecule has 1 heterocycles. The molecular weight excluding hydrogens is 238 g/mol. The normalized spacial score (nSPS) is 19.3. The quantitative estimate of drug-likeness (QED) is 0.780. The minimum absolute atomic E-state index is 0.0921. The summed E-state index contributed by atoms with van der Waals surface area (Å²) in [5.41, 5.74) is 1.91. The van der Waals surface area contributed by atoms with Crippen molar-refractivity contribution in [2.75, 3.05) is 26.2 Å². The number of carbonyl (C=O) groups excluding carboxylic acids is 1. The first kappa shape index (κ1) is 14.2. The van der Waals surface area contributed by atoms with Gasteiger partial charge in [0.05, 0.1) is 12.2 Å². The van der Waals surface area contributed by atoms with Gasteiger partial charge < -0.3 is 4.74 Å². The summed E-state index contributed by atoms with van der Waals surface area (Å²) < 4.78 is 5.67. The second-order valence-electron chi connectivity index (χ2n) is 5.92. The van der Waals surface area contributed by atoms with Crippen molar-refractivity contribution >= 4 is 5.78 Å². The van der Waals surface area contributed by atoms with Crippen LogP contribution in [0.3, 0.4) is 0 Å². The van der Waals surface area contributed by atoms with E-state index in [-0.39, 0.29) is 11.4 Å². The van der Waals surface area contributed by atoms with Crippen LogP contribution in [0.5, 0.6) is 0 Å². The van der Waals surface area contributed by atoms with E-state index < -0.39 is 0 Å². The summed E-state index contributed by atoms with van der Waals surface area (Å²) in [6.07, 6.45) is 0.582. The number of Topliss-reactive ketones (excluding diaryl/α,β-unsaturated/α-hetero) is 1. The van der Waals surface area contributed by atoms with E-state index >= 15 is 0 Å². The van der Waals surface area contributed by atoms with Gasteiger partial charge in [-0.15, -0.1) is 0 Å². The van der Waals surface area contributed by atoms with Gasteiger partial charge in [0.15, 0.2) is 5.78 Å². The van der Waals surface area contributed by atoms with E-state index in [1.165, 1.54) is 5.56 Å². The van der Waals surface area contributed by atoms with E-state index in [4.69, 9.17) is 4.74 Å². The number of hydrogen-bond donors (Lipinski definition) is 0. The molecule has 1 aliphatic heterocycles. The molecule has 0 aliphatic carbocycles. The standard InChI is InChI=1S/C16H23NO2/c1-13-4-6-14(7-5-13)15(18)8-9-17-10-11-19-16(2,3)12-17/h4-7H,8-12H2,1-3H3. The Kier molecular flexibility index (Phi) is 4.38. The van der Waals surface area contributed by atoms with Crippen molar-refractivity contribution in [3.05, 3.63) is 35.4 Å². The van der Waals surface area contributed by atoms with Crippen LogP contribution in [0.4, 0.5) is 0 Å². The molecular formula is C16H23NO2. The van der Waals surface area contributed by atoms with Crippen LogP contribution >= 0.6 is 0 Å². The van der Waals surface area contributed by atoms with Crippen molar-refractivity contribution < 1.29 is 9.53 Å². The topological polar surface area (TPSA) is 29.5 Å². The van der Waals surface area contributed by atoms with Crippen LogP contribution in [0.2, 0.25) is 0 Å². The number of nitrogens with zero attached hydrogens (tertiary/aromatic N) is 1. The van der Waals surface area contributed by atoms with Crippen molar-refractivity contribution in [1.29, 1.82) is 0 Å². The van der Waals surface area contributed by atoms with Gasteiger partial charge in [0.1, 0.15) is 0 Å². The molecule has 0 N–H and O–H groups in total. The van der Waals surface area contributed by atoms with Crippen molar-refractivity contribution in [2.45, 2.75) is 32.8 Å². The van der Waals surface area contributed by atoms with E-state index in [0.29, 0.717) is 6.42 Å². The zero-order valence-electron chi connectivity index (χ0n) is 12.1. The molecule has 2 rings (SSSR count). The molecule has 0 radical (unpaired) electrons. The minimum atomic E-state index is -0.0921. The van der Waals surface area contributed by atoms with Crippen LogP contribution in [-0.4, -0.2) is 42.5 Å². The maximum absolute atomic E-state index is 12.1. The van der Waals surface area contributed by atoms with E-state index in [1.54, 1.807) is 0 Å². The molecule has 1 aliphatic rings. The lowest BCUT2D eigenvalue weighted by molar-refractivity contribution is -0.0855. The molecule has 0 spiro atoms. The maximum atomic E-state index is 12.1. The number of carbonyl (C=O) groups is 1. The fraction of sp³-hybridized carbons (Fsp3) is 0.562. The smallest absolute Gasteiger partial charge is 0.164 e. The second kappa shape index (κ2) is 5.85. The Balaban J connectivity index is 1.85. The van der Waals surface area contributed by atoms with Crippen LogP contribution in [0, 0.1) is 6.92 Å². The van der Waals surface area contributed by atoms with Gasteiger partial charge in [0.2, 0.25) is 0 Å². The Morgan fingerprint density at radius 1 is 1.32 bits per heavy atom. The van der Waals surface area contributed by atoms with Gasteiger partial charge in [-0.25, -0.2) is 0 Å². The van der Waals surface area contributed by atoms with Crippen LogP contribution in [0.25, 0.3) is 0 Å².